The molecule has 6 heteroatoms. The maximum Gasteiger partial charge on any atom is 0.259 e. The average Bonchev–Trinajstić information content (AvgIpc) is 2.41. The molecule has 5 nitrogen and oxygen atoms in total. The molecule has 20 heavy (non-hydrogen) atoms. The number of phenols is 1. The van der Waals surface area contributed by atoms with Crippen molar-refractivity contribution in [2.75, 3.05) is 18.2 Å². The Labute approximate surface area is 114 Å². The van der Waals surface area contributed by atoms with Gasteiger partial charge in [-0.3, -0.25) is 4.79 Å². The van der Waals surface area contributed by atoms with Crippen LogP contribution in [0.15, 0.2) is 36.4 Å². The number of halogens is 1. The monoisotopic (exact) mass is 276 g/mol. The van der Waals surface area contributed by atoms with Crippen molar-refractivity contribution in [2.24, 2.45) is 0 Å². The van der Waals surface area contributed by atoms with Crippen molar-refractivity contribution >= 4 is 17.3 Å². The standard InChI is InChI=1S/C14H13FN2O3/c1-20-9-3-4-10(13(18)7-9)14(19)17-12-5-2-8(16)6-11(12)15/h2-7,18H,16H2,1H3,(H,17,19). The Morgan fingerprint density at radius 3 is 2.65 bits per heavy atom. The topological polar surface area (TPSA) is 84.6 Å². The lowest BCUT2D eigenvalue weighted by Crippen LogP contribution is -2.13. The molecular weight excluding hydrogens is 263 g/mol. The lowest BCUT2D eigenvalue weighted by atomic mass is 10.1. The summed E-state index contributed by atoms with van der Waals surface area (Å²) in [6.07, 6.45) is 0. The van der Waals surface area contributed by atoms with Crippen molar-refractivity contribution < 1.29 is 19.0 Å². The molecule has 0 aliphatic heterocycles. The molecule has 0 saturated heterocycles. The van der Waals surface area contributed by atoms with E-state index in [1.807, 2.05) is 0 Å². The number of anilines is 2. The van der Waals surface area contributed by atoms with E-state index < -0.39 is 11.7 Å². The lowest BCUT2D eigenvalue weighted by Gasteiger charge is -2.09. The Kier molecular flexibility index (Phi) is 3.74. The Morgan fingerprint density at radius 1 is 1.30 bits per heavy atom. The first-order chi connectivity index (χ1) is 9.51. The summed E-state index contributed by atoms with van der Waals surface area (Å²) < 4.78 is 18.5. The van der Waals surface area contributed by atoms with E-state index in [0.29, 0.717) is 5.75 Å². The number of benzene rings is 2. The molecule has 0 aliphatic rings. The average molecular weight is 276 g/mol. The summed E-state index contributed by atoms with van der Waals surface area (Å²) in [6.45, 7) is 0. The van der Waals surface area contributed by atoms with Crippen molar-refractivity contribution in [3.63, 3.8) is 0 Å². The molecule has 0 atom stereocenters. The zero-order valence-corrected chi connectivity index (χ0v) is 10.7. The van der Waals surface area contributed by atoms with Crippen LogP contribution in [0.4, 0.5) is 15.8 Å². The molecular formula is C14H13FN2O3. The number of amides is 1. The maximum absolute atomic E-state index is 13.6. The number of rotatable bonds is 3. The van der Waals surface area contributed by atoms with E-state index in [2.05, 4.69) is 5.32 Å². The van der Waals surface area contributed by atoms with Gasteiger partial charge in [-0.2, -0.15) is 0 Å². The molecule has 0 saturated carbocycles. The molecule has 0 unspecified atom stereocenters. The third-order valence-electron chi connectivity index (χ3n) is 2.69. The summed E-state index contributed by atoms with van der Waals surface area (Å²) in [5.41, 5.74) is 5.68. The van der Waals surface area contributed by atoms with Crippen LogP contribution in [0.1, 0.15) is 10.4 Å². The molecule has 0 radical (unpaired) electrons. The van der Waals surface area contributed by atoms with Gasteiger partial charge in [-0.25, -0.2) is 4.39 Å². The van der Waals surface area contributed by atoms with Gasteiger partial charge in [0.1, 0.15) is 17.3 Å². The fourth-order valence-electron chi connectivity index (χ4n) is 1.65. The van der Waals surface area contributed by atoms with Crippen molar-refractivity contribution in [3.8, 4) is 11.5 Å². The lowest BCUT2D eigenvalue weighted by molar-refractivity contribution is 0.102. The molecule has 2 aromatic rings. The van der Waals surface area contributed by atoms with Crippen LogP contribution in [0.25, 0.3) is 0 Å². The first kappa shape index (κ1) is 13.7. The number of carbonyl (C=O) groups excluding carboxylic acids is 1. The second-order valence-corrected chi connectivity index (χ2v) is 4.08. The van der Waals surface area contributed by atoms with E-state index >= 15 is 0 Å². The molecule has 0 bridgehead atoms. The first-order valence-corrected chi connectivity index (χ1v) is 5.74. The van der Waals surface area contributed by atoms with Gasteiger partial charge in [0.25, 0.3) is 5.91 Å². The van der Waals surface area contributed by atoms with Crippen LogP contribution in [0.5, 0.6) is 11.5 Å². The fraction of sp³-hybridized carbons (Fsp3) is 0.0714. The highest BCUT2D eigenvalue weighted by molar-refractivity contribution is 6.06. The number of aromatic hydroxyl groups is 1. The zero-order chi connectivity index (χ0) is 14.7. The Morgan fingerprint density at radius 2 is 2.05 bits per heavy atom. The Bertz CT molecular complexity index is 659. The minimum absolute atomic E-state index is 0.0144. The predicted molar refractivity (Wildman–Crippen MR) is 73.4 cm³/mol. The Hall–Kier alpha value is -2.76. The van der Waals surface area contributed by atoms with E-state index in [-0.39, 0.29) is 22.7 Å². The molecule has 2 rings (SSSR count). The number of carbonyl (C=O) groups is 1. The maximum atomic E-state index is 13.6. The normalized spacial score (nSPS) is 10.1. The quantitative estimate of drug-likeness (QED) is 0.751. The molecule has 4 N–H and O–H groups in total. The van der Waals surface area contributed by atoms with Crippen LogP contribution < -0.4 is 15.8 Å². The molecule has 0 spiro atoms. The largest absolute Gasteiger partial charge is 0.507 e. The van der Waals surface area contributed by atoms with Crippen molar-refractivity contribution in [1.29, 1.82) is 0 Å². The van der Waals surface area contributed by atoms with E-state index in [4.69, 9.17) is 10.5 Å². The number of phenolic OH excluding ortho intramolecular Hbond substituents is 1. The van der Waals surface area contributed by atoms with Crippen molar-refractivity contribution in [2.45, 2.75) is 0 Å². The van der Waals surface area contributed by atoms with E-state index in [0.717, 1.165) is 6.07 Å². The van der Waals surface area contributed by atoms with E-state index in [1.165, 1.54) is 37.4 Å². The highest BCUT2D eigenvalue weighted by Crippen LogP contribution is 2.25. The second-order valence-electron chi connectivity index (χ2n) is 4.08. The summed E-state index contributed by atoms with van der Waals surface area (Å²) in [6, 6.07) is 8.13. The summed E-state index contributed by atoms with van der Waals surface area (Å²) in [7, 11) is 1.44. The van der Waals surface area contributed by atoms with Gasteiger partial charge in [-0.05, 0) is 30.3 Å². The number of nitrogens with two attached hydrogens (primary N) is 1. The molecule has 104 valence electrons. The minimum atomic E-state index is -0.647. The third-order valence-corrected chi connectivity index (χ3v) is 2.69. The molecule has 0 fully saturated rings. The van der Waals surface area contributed by atoms with Gasteiger partial charge in [0.05, 0.1) is 18.4 Å². The van der Waals surface area contributed by atoms with Gasteiger partial charge in [-0.1, -0.05) is 0 Å². The summed E-state index contributed by atoms with van der Waals surface area (Å²) >= 11 is 0. The predicted octanol–water partition coefficient (Wildman–Crippen LogP) is 2.37. The van der Waals surface area contributed by atoms with E-state index in [9.17, 15) is 14.3 Å². The Balaban J connectivity index is 2.24. The summed E-state index contributed by atoms with van der Waals surface area (Å²) in [5, 5.41) is 12.1. The van der Waals surface area contributed by atoms with Gasteiger partial charge in [-0.15, -0.1) is 0 Å². The van der Waals surface area contributed by atoms with Gasteiger partial charge in [0.2, 0.25) is 0 Å². The molecule has 0 aromatic heterocycles. The van der Waals surface area contributed by atoms with Crippen LogP contribution in [0.3, 0.4) is 0 Å². The molecule has 0 aliphatic carbocycles. The van der Waals surface area contributed by atoms with Crippen molar-refractivity contribution in [3.05, 3.63) is 47.8 Å². The summed E-state index contributed by atoms with van der Waals surface area (Å²) in [4.78, 5) is 12.0. The fourth-order valence-corrected chi connectivity index (χ4v) is 1.65. The van der Waals surface area contributed by atoms with Crippen LogP contribution >= 0.6 is 0 Å². The number of ether oxygens (including phenoxy) is 1. The van der Waals surface area contributed by atoms with Crippen molar-refractivity contribution in [1.82, 2.24) is 0 Å². The van der Waals surface area contributed by atoms with Crippen LogP contribution in [-0.2, 0) is 0 Å². The number of nitrogens with one attached hydrogen (secondary N) is 1. The third kappa shape index (κ3) is 2.80. The van der Waals surface area contributed by atoms with Gasteiger partial charge >= 0.3 is 0 Å². The number of hydrogen-bond donors (Lipinski definition) is 3. The first-order valence-electron chi connectivity index (χ1n) is 5.74. The number of methoxy groups -OCH3 is 1. The van der Waals surface area contributed by atoms with E-state index in [1.54, 1.807) is 0 Å². The van der Waals surface area contributed by atoms with Gasteiger partial charge in [0, 0.05) is 11.8 Å². The summed E-state index contributed by atoms with van der Waals surface area (Å²) in [5.74, 6) is -1.12. The van der Waals surface area contributed by atoms with Crippen LogP contribution in [0.2, 0.25) is 0 Å². The molecule has 1 amide bonds. The van der Waals surface area contributed by atoms with Gasteiger partial charge in [0.15, 0.2) is 0 Å². The number of nitrogen functional groups attached to an aromatic ring is 1. The zero-order valence-electron chi connectivity index (χ0n) is 10.7. The second kappa shape index (κ2) is 5.48. The minimum Gasteiger partial charge on any atom is -0.507 e. The van der Waals surface area contributed by atoms with Crippen LogP contribution in [0, 0.1) is 5.82 Å². The highest BCUT2D eigenvalue weighted by Gasteiger charge is 2.14. The molecule has 0 heterocycles. The molecule has 2 aromatic carbocycles. The highest BCUT2D eigenvalue weighted by atomic mass is 19.1. The van der Waals surface area contributed by atoms with Gasteiger partial charge < -0.3 is 20.9 Å². The number of hydrogen-bond acceptors (Lipinski definition) is 4. The van der Waals surface area contributed by atoms with Crippen LogP contribution in [-0.4, -0.2) is 18.1 Å². The SMILES string of the molecule is COc1ccc(C(=O)Nc2ccc(N)cc2F)c(O)c1. The smallest absolute Gasteiger partial charge is 0.259 e.